The van der Waals surface area contributed by atoms with Crippen molar-refractivity contribution < 1.29 is 0 Å². The Hall–Kier alpha value is -2.83. The van der Waals surface area contributed by atoms with E-state index in [0.717, 1.165) is 22.7 Å². The standard InChI is InChI=1S/C18H21N5O2/c1-11-5-7-13(8-6-11)22-9-12(2)10-23-14-15(19-17(22)23)20(3)18(25)21(4)16(14)24/h5-8,12H,9-10H2,1-4H3/t12-/m1/s1. The molecule has 0 saturated carbocycles. The highest BCUT2D eigenvalue weighted by molar-refractivity contribution is 5.77. The van der Waals surface area contributed by atoms with Crippen molar-refractivity contribution in [3.05, 3.63) is 50.7 Å². The molecule has 2 aromatic heterocycles. The minimum atomic E-state index is -0.358. The highest BCUT2D eigenvalue weighted by Gasteiger charge is 2.29. The van der Waals surface area contributed by atoms with Crippen LogP contribution in [0, 0.1) is 12.8 Å². The zero-order valence-electron chi connectivity index (χ0n) is 14.9. The van der Waals surface area contributed by atoms with Crippen molar-refractivity contribution in [2.75, 3.05) is 11.4 Å². The van der Waals surface area contributed by atoms with Crippen molar-refractivity contribution in [1.29, 1.82) is 0 Å². The van der Waals surface area contributed by atoms with Crippen LogP contribution < -0.4 is 16.1 Å². The molecule has 25 heavy (non-hydrogen) atoms. The highest BCUT2D eigenvalue weighted by Crippen LogP contribution is 2.32. The summed E-state index contributed by atoms with van der Waals surface area (Å²) >= 11 is 0. The summed E-state index contributed by atoms with van der Waals surface area (Å²) in [7, 11) is 3.16. The van der Waals surface area contributed by atoms with Gasteiger partial charge in [-0.3, -0.25) is 13.9 Å². The molecule has 130 valence electrons. The number of benzene rings is 1. The van der Waals surface area contributed by atoms with E-state index in [1.165, 1.54) is 17.2 Å². The SMILES string of the molecule is Cc1ccc(N2C[C@@H](C)Cn3c2nc2c3c(=O)n(C)c(=O)n2C)cc1. The maximum Gasteiger partial charge on any atom is 0.332 e. The largest absolute Gasteiger partial charge is 0.332 e. The molecular formula is C18H21N5O2. The van der Waals surface area contributed by atoms with Crippen molar-refractivity contribution in [2.24, 2.45) is 20.0 Å². The molecule has 1 aliphatic rings. The van der Waals surface area contributed by atoms with E-state index in [0.29, 0.717) is 23.6 Å². The first-order valence-corrected chi connectivity index (χ1v) is 8.39. The Morgan fingerprint density at radius 1 is 1.04 bits per heavy atom. The minimum Gasteiger partial charge on any atom is -0.312 e. The van der Waals surface area contributed by atoms with Crippen LogP contribution in [-0.4, -0.2) is 25.2 Å². The van der Waals surface area contributed by atoms with E-state index in [1.54, 1.807) is 7.05 Å². The summed E-state index contributed by atoms with van der Waals surface area (Å²) < 4.78 is 4.54. The minimum absolute atomic E-state index is 0.296. The van der Waals surface area contributed by atoms with Gasteiger partial charge in [0.15, 0.2) is 11.2 Å². The summed E-state index contributed by atoms with van der Waals surface area (Å²) in [5.74, 6) is 1.07. The fraction of sp³-hybridized carbons (Fsp3) is 0.389. The Balaban J connectivity index is 2.03. The molecule has 0 aliphatic carbocycles. The maximum atomic E-state index is 12.7. The Labute approximate surface area is 144 Å². The fourth-order valence-corrected chi connectivity index (χ4v) is 3.52. The van der Waals surface area contributed by atoms with Gasteiger partial charge in [0.2, 0.25) is 5.95 Å². The first-order chi connectivity index (χ1) is 11.9. The van der Waals surface area contributed by atoms with Crippen LogP contribution in [0.25, 0.3) is 11.2 Å². The van der Waals surface area contributed by atoms with Crippen molar-refractivity contribution >= 4 is 22.8 Å². The number of hydrogen-bond donors (Lipinski definition) is 0. The van der Waals surface area contributed by atoms with E-state index in [4.69, 9.17) is 0 Å². The van der Waals surface area contributed by atoms with Crippen molar-refractivity contribution in [2.45, 2.75) is 20.4 Å². The molecule has 3 aromatic rings. The number of anilines is 2. The third-order valence-electron chi connectivity index (χ3n) is 4.90. The molecule has 0 N–H and O–H groups in total. The Morgan fingerprint density at radius 2 is 1.72 bits per heavy atom. The molecule has 0 saturated heterocycles. The average Bonchev–Trinajstić information content (AvgIpc) is 2.97. The second-order valence-electron chi connectivity index (χ2n) is 6.95. The van der Waals surface area contributed by atoms with Gasteiger partial charge in [0.1, 0.15) is 0 Å². The summed E-state index contributed by atoms with van der Waals surface area (Å²) in [4.78, 5) is 31.7. The lowest BCUT2D eigenvalue weighted by molar-refractivity contribution is 0.458. The summed E-state index contributed by atoms with van der Waals surface area (Å²) in [5, 5.41) is 0. The molecule has 0 bridgehead atoms. The van der Waals surface area contributed by atoms with Gasteiger partial charge < -0.3 is 9.47 Å². The van der Waals surface area contributed by atoms with Gasteiger partial charge in [-0.1, -0.05) is 24.6 Å². The van der Waals surface area contributed by atoms with Crippen molar-refractivity contribution in [3.63, 3.8) is 0 Å². The van der Waals surface area contributed by atoms with Gasteiger partial charge in [-0.05, 0) is 25.0 Å². The van der Waals surface area contributed by atoms with Gasteiger partial charge in [0, 0.05) is 32.9 Å². The van der Waals surface area contributed by atoms with E-state index in [2.05, 4.69) is 48.0 Å². The highest BCUT2D eigenvalue weighted by atomic mass is 16.2. The summed E-state index contributed by atoms with van der Waals surface area (Å²) in [6.07, 6.45) is 0. The first-order valence-electron chi connectivity index (χ1n) is 8.39. The number of imidazole rings is 1. The summed E-state index contributed by atoms with van der Waals surface area (Å²) in [5.41, 5.74) is 2.50. The predicted molar refractivity (Wildman–Crippen MR) is 97.6 cm³/mol. The number of hydrogen-bond acceptors (Lipinski definition) is 4. The Kier molecular flexibility index (Phi) is 3.35. The normalized spacial score (nSPS) is 17.1. The van der Waals surface area contributed by atoms with Crippen LogP contribution in [0.1, 0.15) is 12.5 Å². The summed E-state index contributed by atoms with van der Waals surface area (Å²) in [6.45, 7) is 5.74. The maximum absolute atomic E-state index is 12.7. The third kappa shape index (κ3) is 2.22. The smallest absolute Gasteiger partial charge is 0.312 e. The monoisotopic (exact) mass is 339 g/mol. The van der Waals surface area contributed by atoms with E-state index in [-0.39, 0.29) is 11.2 Å². The van der Waals surface area contributed by atoms with Crippen LogP contribution in [0.4, 0.5) is 11.6 Å². The van der Waals surface area contributed by atoms with Gasteiger partial charge >= 0.3 is 5.69 Å². The molecule has 0 unspecified atom stereocenters. The number of rotatable bonds is 1. The number of nitrogens with zero attached hydrogens (tertiary/aromatic N) is 5. The molecule has 7 nitrogen and oxygen atoms in total. The fourth-order valence-electron chi connectivity index (χ4n) is 3.52. The molecule has 0 radical (unpaired) electrons. The van der Waals surface area contributed by atoms with Gasteiger partial charge in [0.05, 0.1) is 0 Å². The topological polar surface area (TPSA) is 65.1 Å². The molecular weight excluding hydrogens is 318 g/mol. The van der Waals surface area contributed by atoms with Gasteiger partial charge in [-0.25, -0.2) is 4.79 Å². The van der Waals surface area contributed by atoms with Gasteiger partial charge in [0.25, 0.3) is 5.56 Å². The molecule has 4 rings (SSSR count). The van der Waals surface area contributed by atoms with Gasteiger partial charge in [-0.15, -0.1) is 0 Å². The zero-order chi connectivity index (χ0) is 17.9. The number of aryl methyl sites for hydroxylation is 2. The van der Waals surface area contributed by atoms with Crippen LogP contribution in [0.3, 0.4) is 0 Å². The number of fused-ring (bicyclic) bond motifs is 3. The second-order valence-corrected chi connectivity index (χ2v) is 6.95. The van der Waals surface area contributed by atoms with E-state index >= 15 is 0 Å². The van der Waals surface area contributed by atoms with Gasteiger partial charge in [-0.2, -0.15) is 4.98 Å². The van der Waals surface area contributed by atoms with E-state index in [9.17, 15) is 9.59 Å². The van der Waals surface area contributed by atoms with Crippen LogP contribution in [0.2, 0.25) is 0 Å². The molecule has 0 amide bonds. The molecule has 1 aliphatic heterocycles. The van der Waals surface area contributed by atoms with Crippen LogP contribution in [0.5, 0.6) is 0 Å². The first kappa shape index (κ1) is 15.7. The predicted octanol–water partition coefficient (Wildman–Crippen LogP) is 1.53. The molecule has 0 fully saturated rings. The number of aromatic nitrogens is 4. The van der Waals surface area contributed by atoms with Crippen molar-refractivity contribution in [3.8, 4) is 0 Å². The van der Waals surface area contributed by atoms with E-state index in [1.807, 2.05) is 4.57 Å². The van der Waals surface area contributed by atoms with E-state index < -0.39 is 0 Å². The average molecular weight is 339 g/mol. The Bertz CT molecular complexity index is 1090. The van der Waals surface area contributed by atoms with Crippen LogP contribution in [-0.2, 0) is 20.6 Å². The molecule has 0 spiro atoms. The van der Waals surface area contributed by atoms with Crippen molar-refractivity contribution in [1.82, 2.24) is 18.7 Å². The Morgan fingerprint density at radius 3 is 2.40 bits per heavy atom. The summed E-state index contributed by atoms with van der Waals surface area (Å²) in [6, 6.07) is 8.26. The van der Waals surface area contributed by atoms with Crippen LogP contribution in [0.15, 0.2) is 33.9 Å². The second kappa shape index (κ2) is 5.34. The van der Waals surface area contributed by atoms with Crippen LogP contribution >= 0.6 is 0 Å². The lowest BCUT2D eigenvalue weighted by Gasteiger charge is -2.33. The lowest BCUT2D eigenvalue weighted by atomic mass is 10.1. The lowest BCUT2D eigenvalue weighted by Crippen LogP contribution is -2.38. The zero-order valence-corrected chi connectivity index (χ0v) is 14.9. The molecule has 1 aromatic carbocycles. The molecule has 1 atom stereocenters. The molecule has 7 heteroatoms. The quantitative estimate of drug-likeness (QED) is 0.674. The third-order valence-corrected chi connectivity index (χ3v) is 4.90. The molecule has 3 heterocycles.